The number of furan rings is 1. The average molecular weight is 534 g/mol. The SMILES string of the molecule is CC(C)NC(=O)CN1CCN(C(=NCC(=O)N(C)C)NCCc2ccco2)CC1.I. The van der Waals surface area contributed by atoms with Crippen LogP contribution in [0.4, 0.5) is 0 Å². The van der Waals surface area contributed by atoms with Gasteiger partial charge in [-0.15, -0.1) is 24.0 Å². The van der Waals surface area contributed by atoms with E-state index in [4.69, 9.17) is 4.42 Å². The number of amides is 2. The van der Waals surface area contributed by atoms with Crippen molar-refractivity contribution in [3.8, 4) is 0 Å². The molecule has 0 saturated carbocycles. The number of nitrogens with zero attached hydrogens (tertiary/aromatic N) is 4. The van der Waals surface area contributed by atoms with E-state index >= 15 is 0 Å². The molecule has 0 aliphatic carbocycles. The highest BCUT2D eigenvalue weighted by Crippen LogP contribution is 2.04. The largest absolute Gasteiger partial charge is 0.469 e. The van der Waals surface area contributed by atoms with Crippen LogP contribution in [0.1, 0.15) is 19.6 Å². The summed E-state index contributed by atoms with van der Waals surface area (Å²) in [5, 5.41) is 6.28. The fourth-order valence-corrected chi connectivity index (χ4v) is 2.99. The molecular formula is C20H35IN6O3. The zero-order valence-electron chi connectivity index (χ0n) is 18.4. The molecule has 2 amide bonds. The van der Waals surface area contributed by atoms with Crippen molar-refractivity contribution in [1.29, 1.82) is 0 Å². The number of nitrogens with one attached hydrogen (secondary N) is 2. The summed E-state index contributed by atoms with van der Waals surface area (Å²) in [7, 11) is 3.45. The fraction of sp³-hybridized carbons (Fsp3) is 0.650. The molecule has 1 aliphatic rings. The van der Waals surface area contributed by atoms with Gasteiger partial charge in [0.2, 0.25) is 11.8 Å². The van der Waals surface area contributed by atoms with Crippen LogP contribution in [0.2, 0.25) is 0 Å². The van der Waals surface area contributed by atoms with E-state index in [1.165, 1.54) is 4.90 Å². The van der Waals surface area contributed by atoms with Gasteiger partial charge in [-0.25, -0.2) is 4.99 Å². The van der Waals surface area contributed by atoms with Crippen molar-refractivity contribution < 1.29 is 14.0 Å². The lowest BCUT2D eigenvalue weighted by Gasteiger charge is -2.36. The Labute approximate surface area is 196 Å². The first-order chi connectivity index (χ1) is 13.8. The van der Waals surface area contributed by atoms with Crippen LogP contribution in [0.15, 0.2) is 27.8 Å². The maximum Gasteiger partial charge on any atom is 0.243 e. The molecule has 0 unspecified atom stereocenters. The molecular weight excluding hydrogens is 499 g/mol. The number of carbonyl (C=O) groups is 2. The van der Waals surface area contributed by atoms with E-state index in [9.17, 15) is 9.59 Å². The normalized spacial score (nSPS) is 15.0. The second-order valence-corrected chi connectivity index (χ2v) is 7.67. The zero-order valence-corrected chi connectivity index (χ0v) is 20.7. The van der Waals surface area contributed by atoms with Gasteiger partial charge in [-0.1, -0.05) is 0 Å². The minimum absolute atomic E-state index is 0. The smallest absolute Gasteiger partial charge is 0.243 e. The predicted molar refractivity (Wildman–Crippen MR) is 128 cm³/mol. The summed E-state index contributed by atoms with van der Waals surface area (Å²) < 4.78 is 5.37. The van der Waals surface area contributed by atoms with Gasteiger partial charge in [0.15, 0.2) is 5.96 Å². The van der Waals surface area contributed by atoms with Gasteiger partial charge in [-0.05, 0) is 26.0 Å². The van der Waals surface area contributed by atoms with Crippen LogP contribution in [0.5, 0.6) is 0 Å². The molecule has 0 spiro atoms. The number of hydrogen-bond acceptors (Lipinski definition) is 5. The monoisotopic (exact) mass is 534 g/mol. The second-order valence-electron chi connectivity index (χ2n) is 7.67. The van der Waals surface area contributed by atoms with Crippen molar-refractivity contribution in [2.75, 3.05) is 59.9 Å². The van der Waals surface area contributed by atoms with Crippen molar-refractivity contribution in [2.24, 2.45) is 4.99 Å². The Morgan fingerprint density at radius 1 is 1.23 bits per heavy atom. The Morgan fingerprint density at radius 3 is 2.50 bits per heavy atom. The summed E-state index contributed by atoms with van der Waals surface area (Å²) in [5.74, 6) is 1.63. The Balaban J connectivity index is 0.00000450. The van der Waals surface area contributed by atoms with Crippen molar-refractivity contribution in [3.05, 3.63) is 24.2 Å². The van der Waals surface area contributed by atoms with Crippen LogP contribution in [0.25, 0.3) is 0 Å². The van der Waals surface area contributed by atoms with E-state index in [1.807, 2.05) is 26.0 Å². The summed E-state index contributed by atoms with van der Waals surface area (Å²) in [6, 6.07) is 3.96. The third kappa shape index (κ3) is 9.33. The number of guanidine groups is 1. The number of rotatable bonds is 8. The lowest BCUT2D eigenvalue weighted by atomic mass is 10.3. The molecule has 0 atom stereocenters. The highest BCUT2D eigenvalue weighted by atomic mass is 127. The molecule has 1 aliphatic heterocycles. The number of hydrogen-bond donors (Lipinski definition) is 2. The molecule has 30 heavy (non-hydrogen) atoms. The Morgan fingerprint density at radius 2 is 1.93 bits per heavy atom. The second kappa shape index (κ2) is 13.5. The quantitative estimate of drug-likeness (QED) is 0.289. The molecule has 170 valence electrons. The highest BCUT2D eigenvalue weighted by molar-refractivity contribution is 14.0. The van der Waals surface area contributed by atoms with Gasteiger partial charge in [0.1, 0.15) is 12.3 Å². The van der Waals surface area contributed by atoms with Gasteiger partial charge in [0.25, 0.3) is 0 Å². The van der Waals surface area contributed by atoms with E-state index < -0.39 is 0 Å². The molecule has 1 aromatic rings. The lowest BCUT2D eigenvalue weighted by Crippen LogP contribution is -2.54. The van der Waals surface area contributed by atoms with Gasteiger partial charge in [0.05, 0.1) is 12.8 Å². The minimum Gasteiger partial charge on any atom is -0.469 e. The van der Waals surface area contributed by atoms with Gasteiger partial charge in [-0.3, -0.25) is 14.5 Å². The van der Waals surface area contributed by atoms with Crippen molar-refractivity contribution in [3.63, 3.8) is 0 Å². The molecule has 1 saturated heterocycles. The predicted octanol–water partition coefficient (Wildman–Crippen LogP) is 0.616. The summed E-state index contributed by atoms with van der Waals surface area (Å²) in [6.07, 6.45) is 2.40. The molecule has 10 heteroatoms. The average Bonchev–Trinajstić information content (AvgIpc) is 3.17. The highest BCUT2D eigenvalue weighted by Gasteiger charge is 2.22. The first kappa shape index (κ1) is 26.2. The maximum absolute atomic E-state index is 12.0. The standard InChI is InChI=1S/C20H34N6O3.HI/c1-16(2)23-18(27)15-25-9-11-26(12-10-25)20(22-14-19(28)24(3)4)21-8-7-17-6-5-13-29-17;/h5-6,13,16H,7-12,14-15H2,1-4H3,(H,21,22)(H,23,27);1H. The first-order valence-corrected chi connectivity index (χ1v) is 10.1. The number of likely N-dealkylation sites (N-methyl/N-ethyl adjacent to an activating group) is 1. The topological polar surface area (TPSA) is 93.4 Å². The number of halogens is 1. The Bertz CT molecular complexity index is 670. The number of carbonyl (C=O) groups excluding carboxylic acids is 2. The molecule has 1 aromatic heterocycles. The van der Waals surface area contributed by atoms with E-state index in [0.29, 0.717) is 13.1 Å². The Kier molecular flexibility index (Phi) is 11.8. The third-order valence-electron chi connectivity index (χ3n) is 4.59. The molecule has 0 radical (unpaired) electrons. The minimum atomic E-state index is -0.0423. The summed E-state index contributed by atoms with van der Waals surface area (Å²) in [5.41, 5.74) is 0. The third-order valence-corrected chi connectivity index (χ3v) is 4.59. The van der Waals surface area contributed by atoms with Gasteiger partial charge in [0, 0.05) is 59.3 Å². The molecule has 2 rings (SSSR count). The molecule has 2 heterocycles. The molecule has 1 fully saturated rings. The van der Waals surface area contributed by atoms with Crippen LogP contribution >= 0.6 is 24.0 Å². The van der Waals surface area contributed by atoms with Crippen LogP contribution < -0.4 is 10.6 Å². The van der Waals surface area contributed by atoms with E-state index in [0.717, 1.165) is 44.3 Å². The van der Waals surface area contributed by atoms with Crippen LogP contribution in [0, 0.1) is 0 Å². The van der Waals surface area contributed by atoms with E-state index in [1.54, 1.807) is 20.4 Å². The summed E-state index contributed by atoms with van der Waals surface area (Å²) >= 11 is 0. The molecule has 9 nitrogen and oxygen atoms in total. The van der Waals surface area contributed by atoms with Gasteiger partial charge >= 0.3 is 0 Å². The van der Waals surface area contributed by atoms with Crippen LogP contribution in [-0.4, -0.2) is 98.4 Å². The van der Waals surface area contributed by atoms with Crippen molar-refractivity contribution in [1.82, 2.24) is 25.3 Å². The fourth-order valence-electron chi connectivity index (χ4n) is 2.99. The Hall–Kier alpha value is -1.82. The summed E-state index contributed by atoms with van der Waals surface area (Å²) in [4.78, 5) is 34.3. The van der Waals surface area contributed by atoms with Crippen molar-refractivity contribution in [2.45, 2.75) is 26.3 Å². The number of aliphatic imine (C=N–C) groups is 1. The number of piperazine rings is 1. The lowest BCUT2D eigenvalue weighted by molar-refractivity contribution is -0.127. The maximum atomic E-state index is 12.0. The van der Waals surface area contributed by atoms with Gasteiger partial charge in [-0.2, -0.15) is 0 Å². The van der Waals surface area contributed by atoms with Gasteiger partial charge < -0.3 is 24.9 Å². The zero-order chi connectivity index (χ0) is 21.2. The van der Waals surface area contributed by atoms with Crippen LogP contribution in [-0.2, 0) is 16.0 Å². The van der Waals surface area contributed by atoms with E-state index in [-0.39, 0.29) is 48.4 Å². The molecule has 2 N–H and O–H groups in total. The molecule has 0 bridgehead atoms. The molecule has 0 aromatic carbocycles. The first-order valence-electron chi connectivity index (χ1n) is 10.1. The van der Waals surface area contributed by atoms with Crippen molar-refractivity contribution >= 4 is 41.8 Å². The van der Waals surface area contributed by atoms with E-state index in [2.05, 4.69) is 25.4 Å². The summed E-state index contributed by atoms with van der Waals surface area (Å²) in [6.45, 7) is 8.13. The van der Waals surface area contributed by atoms with Crippen LogP contribution in [0.3, 0.4) is 0 Å².